The fourth-order valence-corrected chi connectivity index (χ4v) is 4.02. The first kappa shape index (κ1) is 16.5. The van der Waals surface area contributed by atoms with Gasteiger partial charge in [0.15, 0.2) is 0 Å². The largest absolute Gasteiger partial charge is 0.302 e. The maximum Gasteiger partial charge on any atom is 0.227 e. The number of carbonyl (C=O) groups is 1. The third-order valence-electron chi connectivity index (χ3n) is 4.10. The van der Waals surface area contributed by atoms with Crippen LogP contribution in [0.2, 0.25) is 0 Å². The van der Waals surface area contributed by atoms with Gasteiger partial charge in [-0.15, -0.1) is 10.2 Å². The van der Waals surface area contributed by atoms with Crippen molar-refractivity contribution in [3.8, 4) is 0 Å². The molecule has 7 nitrogen and oxygen atoms in total. The number of amides is 1. The second kappa shape index (κ2) is 7.11. The van der Waals surface area contributed by atoms with E-state index in [2.05, 4.69) is 41.3 Å². The van der Waals surface area contributed by atoms with Crippen LogP contribution in [0.3, 0.4) is 0 Å². The van der Waals surface area contributed by atoms with Gasteiger partial charge in [0.2, 0.25) is 11.0 Å². The van der Waals surface area contributed by atoms with Crippen molar-refractivity contribution in [3.63, 3.8) is 0 Å². The molecule has 0 radical (unpaired) electrons. The minimum absolute atomic E-state index is 0.0236. The van der Waals surface area contributed by atoms with E-state index in [1.807, 2.05) is 13.1 Å². The van der Waals surface area contributed by atoms with Crippen molar-refractivity contribution in [2.75, 3.05) is 18.9 Å². The highest BCUT2D eigenvalue weighted by Gasteiger charge is 2.27. The minimum Gasteiger partial charge on any atom is -0.302 e. The van der Waals surface area contributed by atoms with Crippen molar-refractivity contribution < 1.29 is 4.79 Å². The van der Waals surface area contributed by atoms with Gasteiger partial charge >= 0.3 is 0 Å². The van der Waals surface area contributed by atoms with Crippen LogP contribution in [0.1, 0.15) is 35.8 Å². The molecule has 130 valence electrons. The van der Waals surface area contributed by atoms with Gasteiger partial charge in [0.1, 0.15) is 16.0 Å². The number of benzene rings is 1. The average molecular weight is 374 g/mol. The zero-order valence-electron chi connectivity index (χ0n) is 13.8. The third kappa shape index (κ3) is 4.17. The molecule has 1 aromatic carbocycles. The zero-order valence-corrected chi connectivity index (χ0v) is 15.4. The Morgan fingerprint density at radius 3 is 2.96 bits per heavy atom. The highest BCUT2D eigenvalue weighted by molar-refractivity contribution is 7.15. The van der Waals surface area contributed by atoms with Crippen molar-refractivity contribution in [2.45, 2.75) is 31.7 Å². The molecule has 2 aromatic heterocycles. The smallest absolute Gasteiger partial charge is 0.227 e. The number of hydrogen-bond acceptors (Lipinski definition) is 8. The molecule has 1 aliphatic carbocycles. The molecular formula is C16H18N6OS2. The monoisotopic (exact) mass is 374 g/mol. The highest BCUT2D eigenvalue weighted by atomic mass is 32.1. The standard InChI is InChI=1S/C16H18N6OS2/c1-22(9-10-2-5-12-13(8-10)21-25-20-12)7-6-14(23)17-16-19-18-15(24-16)11-3-4-11/h2,5,8,11H,3-4,6-7,9H2,1H3,(H,17,19,23). The van der Waals surface area contributed by atoms with Gasteiger partial charge < -0.3 is 10.2 Å². The first-order valence-corrected chi connectivity index (χ1v) is 9.75. The van der Waals surface area contributed by atoms with Gasteiger partial charge in [-0.1, -0.05) is 17.4 Å². The lowest BCUT2D eigenvalue weighted by Crippen LogP contribution is -2.24. The van der Waals surface area contributed by atoms with Gasteiger partial charge in [0.05, 0.1) is 11.7 Å². The van der Waals surface area contributed by atoms with E-state index >= 15 is 0 Å². The number of rotatable bonds is 7. The molecule has 1 fully saturated rings. The molecule has 0 unspecified atom stereocenters. The molecule has 0 aliphatic heterocycles. The number of nitrogens with zero attached hydrogens (tertiary/aromatic N) is 5. The van der Waals surface area contributed by atoms with Crippen LogP contribution in [-0.2, 0) is 11.3 Å². The van der Waals surface area contributed by atoms with E-state index in [0.29, 0.717) is 24.0 Å². The van der Waals surface area contributed by atoms with Gasteiger partial charge in [-0.3, -0.25) is 4.79 Å². The molecule has 0 spiro atoms. The molecule has 1 amide bonds. The maximum atomic E-state index is 12.1. The lowest BCUT2D eigenvalue weighted by molar-refractivity contribution is -0.116. The number of aromatic nitrogens is 4. The Hall–Kier alpha value is -1.97. The maximum absolute atomic E-state index is 12.1. The van der Waals surface area contributed by atoms with E-state index < -0.39 is 0 Å². The summed E-state index contributed by atoms with van der Waals surface area (Å²) in [6, 6.07) is 6.10. The van der Waals surface area contributed by atoms with Crippen LogP contribution >= 0.6 is 23.1 Å². The minimum atomic E-state index is -0.0236. The number of anilines is 1. The Morgan fingerprint density at radius 1 is 1.28 bits per heavy atom. The molecule has 0 bridgehead atoms. The second-order valence-electron chi connectivity index (χ2n) is 6.34. The molecule has 9 heteroatoms. The summed E-state index contributed by atoms with van der Waals surface area (Å²) in [5.41, 5.74) is 3.02. The normalized spacial score (nSPS) is 14.3. The molecular weight excluding hydrogens is 356 g/mol. The number of fused-ring (bicyclic) bond motifs is 1. The Kier molecular flexibility index (Phi) is 4.69. The van der Waals surface area contributed by atoms with Crippen molar-refractivity contribution >= 4 is 45.1 Å². The van der Waals surface area contributed by atoms with Crippen molar-refractivity contribution in [1.29, 1.82) is 0 Å². The second-order valence-corrected chi connectivity index (χ2v) is 7.88. The predicted molar refractivity (Wildman–Crippen MR) is 98.9 cm³/mol. The molecule has 1 aliphatic rings. The van der Waals surface area contributed by atoms with Gasteiger partial charge in [-0.25, -0.2) is 0 Å². The molecule has 0 atom stereocenters. The summed E-state index contributed by atoms with van der Waals surface area (Å²) in [4.78, 5) is 14.2. The van der Waals surface area contributed by atoms with Crippen molar-refractivity contribution in [2.24, 2.45) is 0 Å². The molecule has 0 saturated heterocycles. The first-order chi connectivity index (χ1) is 12.2. The van der Waals surface area contributed by atoms with Crippen LogP contribution in [-0.4, -0.2) is 43.3 Å². The molecule has 3 aromatic rings. The van der Waals surface area contributed by atoms with Crippen LogP contribution in [0.5, 0.6) is 0 Å². The zero-order chi connectivity index (χ0) is 17.2. The van der Waals surface area contributed by atoms with E-state index in [1.165, 1.54) is 41.5 Å². The Bertz CT molecular complexity index is 888. The van der Waals surface area contributed by atoms with Crippen molar-refractivity contribution in [3.05, 3.63) is 28.8 Å². The van der Waals surface area contributed by atoms with Gasteiger partial charge in [0.25, 0.3) is 0 Å². The van der Waals surface area contributed by atoms with E-state index in [9.17, 15) is 4.79 Å². The van der Waals surface area contributed by atoms with Gasteiger partial charge in [0, 0.05) is 25.4 Å². The lowest BCUT2D eigenvalue weighted by Gasteiger charge is -2.16. The number of nitrogens with one attached hydrogen (secondary N) is 1. The van der Waals surface area contributed by atoms with Crippen LogP contribution in [0, 0.1) is 0 Å². The summed E-state index contributed by atoms with van der Waals surface area (Å²) in [7, 11) is 2.01. The Morgan fingerprint density at radius 2 is 2.12 bits per heavy atom. The summed E-state index contributed by atoms with van der Waals surface area (Å²) in [5, 5.41) is 12.7. The number of hydrogen-bond donors (Lipinski definition) is 1. The van der Waals surface area contributed by atoms with Crippen LogP contribution in [0.25, 0.3) is 11.0 Å². The lowest BCUT2D eigenvalue weighted by atomic mass is 10.2. The van der Waals surface area contributed by atoms with E-state index in [1.54, 1.807) is 0 Å². The Labute approximate surface area is 153 Å². The van der Waals surface area contributed by atoms with Crippen LogP contribution in [0.15, 0.2) is 18.2 Å². The number of carbonyl (C=O) groups excluding carboxylic acids is 1. The van der Waals surface area contributed by atoms with E-state index in [4.69, 9.17) is 0 Å². The van der Waals surface area contributed by atoms with Gasteiger partial charge in [-0.05, 0) is 37.6 Å². The molecule has 1 N–H and O–H groups in total. The highest BCUT2D eigenvalue weighted by Crippen LogP contribution is 2.42. The first-order valence-electron chi connectivity index (χ1n) is 8.20. The van der Waals surface area contributed by atoms with E-state index in [0.717, 1.165) is 22.6 Å². The molecule has 4 rings (SSSR count). The third-order valence-corrected chi connectivity index (χ3v) is 5.66. The quantitative estimate of drug-likeness (QED) is 0.685. The summed E-state index contributed by atoms with van der Waals surface area (Å²) >= 11 is 2.72. The van der Waals surface area contributed by atoms with Crippen LogP contribution in [0.4, 0.5) is 5.13 Å². The fourth-order valence-electron chi connectivity index (χ4n) is 2.57. The summed E-state index contributed by atoms with van der Waals surface area (Å²) in [5.74, 6) is 0.545. The summed E-state index contributed by atoms with van der Waals surface area (Å²) in [6.07, 6.45) is 2.81. The van der Waals surface area contributed by atoms with E-state index in [-0.39, 0.29) is 5.91 Å². The predicted octanol–water partition coefficient (Wildman–Crippen LogP) is 2.88. The molecule has 2 heterocycles. The molecule has 25 heavy (non-hydrogen) atoms. The van der Waals surface area contributed by atoms with Crippen LogP contribution < -0.4 is 5.32 Å². The van der Waals surface area contributed by atoms with Gasteiger partial charge in [-0.2, -0.15) is 8.75 Å². The summed E-state index contributed by atoms with van der Waals surface area (Å²) < 4.78 is 8.47. The summed E-state index contributed by atoms with van der Waals surface area (Å²) in [6.45, 7) is 1.44. The SMILES string of the molecule is CN(CCC(=O)Nc1nnc(C2CC2)s1)Cc1ccc2nsnc2c1. The Balaban J connectivity index is 1.25. The average Bonchev–Trinajstić information content (AvgIpc) is 3.16. The fraction of sp³-hybridized carbons (Fsp3) is 0.438. The topological polar surface area (TPSA) is 83.9 Å². The molecule has 1 saturated carbocycles. The van der Waals surface area contributed by atoms with Crippen molar-refractivity contribution in [1.82, 2.24) is 23.8 Å².